The van der Waals surface area contributed by atoms with E-state index in [9.17, 15) is 9.59 Å². The number of nitrogens with one attached hydrogen (secondary N) is 1. The van der Waals surface area contributed by atoms with Crippen LogP contribution in [0.15, 0.2) is 58.5 Å². The van der Waals surface area contributed by atoms with Gasteiger partial charge in [-0.15, -0.1) is 0 Å². The molecule has 4 rings (SSSR count). The van der Waals surface area contributed by atoms with Crippen molar-refractivity contribution in [2.45, 2.75) is 24.0 Å². The van der Waals surface area contributed by atoms with Gasteiger partial charge in [0.25, 0.3) is 5.56 Å². The lowest BCUT2D eigenvalue weighted by atomic mass is 10.2. The first-order chi connectivity index (χ1) is 13.5. The fourth-order valence-electron chi connectivity index (χ4n) is 3.05. The summed E-state index contributed by atoms with van der Waals surface area (Å²) in [6.07, 6.45) is 1.97. The summed E-state index contributed by atoms with van der Waals surface area (Å²) < 4.78 is 1.76. The molecule has 3 aromatic rings. The molecule has 1 N–H and O–H groups in total. The standard InChI is InChI=1S/C21H22N4O2S/c1-24(2)15-9-7-14(8-10-15)22-19(26)13-28-21-23-18-6-4-3-5-17(18)20(27)25(21)16-11-12-16/h3-10,16H,11-13H2,1-2H3,(H,22,26). The first-order valence-electron chi connectivity index (χ1n) is 9.24. The van der Waals surface area contributed by atoms with E-state index in [1.807, 2.05) is 67.5 Å². The molecule has 1 heterocycles. The van der Waals surface area contributed by atoms with Gasteiger partial charge in [0, 0.05) is 31.5 Å². The van der Waals surface area contributed by atoms with E-state index in [0.29, 0.717) is 16.1 Å². The zero-order chi connectivity index (χ0) is 19.7. The molecule has 0 aliphatic heterocycles. The van der Waals surface area contributed by atoms with Gasteiger partial charge in [-0.3, -0.25) is 14.2 Å². The molecule has 1 fully saturated rings. The SMILES string of the molecule is CN(C)c1ccc(NC(=O)CSc2nc3ccccc3c(=O)n2C2CC2)cc1. The molecule has 0 unspecified atom stereocenters. The number of thioether (sulfide) groups is 1. The number of anilines is 2. The van der Waals surface area contributed by atoms with E-state index in [2.05, 4.69) is 10.3 Å². The van der Waals surface area contributed by atoms with Crippen molar-refractivity contribution in [3.8, 4) is 0 Å². The summed E-state index contributed by atoms with van der Waals surface area (Å²) in [5.74, 6) is 0.0831. The Kier molecular flexibility index (Phi) is 5.09. The molecule has 1 aliphatic rings. The number of aromatic nitrogens is 2. The molecule has 144 valence electrons. The minimum Gasteiger partial charge on any atom is -0.378 e. The Morgan fingerprint density at radius 1 is 1.18 bits per heavy atom. The van der Waals surface area contributed by atoms with Crippen molar-refractivity contribution in [1.82, 2.24) is 9.55 Å². The topological polar surface area (TPSA) is 67.2 Å². The van der Waals surface area contributed by atoms with Gasteiger partial charge < -0.3 is 10.2 Å². The lowest BCUT2D eigenvalue weighted by Crippen LogP contribution is -2.23. The second kappa shape index (κ2) is 7.67. The Hall–Kier alpha value is -2.80. The third kappa shape index (κ3) is 3.89. The lowest BCUT2D eigenvalue weighted by Gasteiger charge is -2.13. The first-order valence-corrected chi connectivity index (χ1v) is 10.2. The number of rotatable bonds is 6. The molecule has 0 atom stereocenters. The van der Waals surface area contributed by atoms with E-state index in [-0.39, 0.29) is 23.3 Å². The number of carbonyl (C=O) groups is 1. The van der Waals surface area contributed by atoms with Crippen LogP contribution in [0.1, 0.15) is 18.9 Å². The van der Waals surface area contributed by atoms with Crippen LogP contribution >= 0.6 is 11.8 Å². The van der Waals surface area contributed by atoms with Gasteiger partial charge in [0.05, 0.1) is 16.7 Å². The number of para-hydroxylation sites is 1. The molecule has 0 spiro atoms. The summed E-state index contributed by atoms with van der Waals surface area (Å²) >= 11 is 1.31. The lowest BCUT2D eigenvalue weighted by molar-refractivity contribution is -0.113. The molecule has 28 heavy (non-hydrogen) atoms. The Morgan fingerprint density at radius 3 is 2.57 bits per heavy atom. The van der Waals surface area contributed by atoms with E-state index in [0.717, 1.165) is 24.2 Å². The van der Waals surface area contributed by atoms with Crippen LogP contribution in [0.25, 0.3) is 10.9 Å². The largest absolute Gasteiger partial charge is 0.378 e. The Morgan fingerprint density at radius 2 is 1.89 bits per heavy atom. The molecule has 1 aromatic heterocycles. The molecule has 1 aliphatic carbocycles. The molecule has 0 saturated heterocycles. The molecular weight excluding hydrogens is 372 g/mol. The van der Waals surface area contributed by atoms with Crippen LogP contribution in [0.2, 0.25) is 0 Å². The third-order valence-electron chi connectivity index (χ3n) is 4.69. The fourth-order valence-corrected chi connectivity index (χ4v) is 3.92. The van der Waals surface area contributed by atoms with Gasteiger partial charge in [-0.05, 0) is 49.2 Å². The fraction of sp³-hybridized carbons (Fsp3) is 0.286. The second-order valence-electron chi connectivity index (χ2n) is 7.10. The Balaban J connectivity index is 1.50. The number of amides is 1. The van der Waals surface area contributed by atoms with Crippen molar-refractivity contribution < 1.29 is 4.79 Å². The van der Waals surface area contributed by atoms with Crippen LogP contribution in [0.5, 0.6) is 0 Å². The van der Waals surface area contributed by atoms with Gasteiger partial charge >= 0.3 is 0 Å². The van der Waals surface area contributed by atoms with Gasteiger partial charge in [-0.25, -0.2) is 4.98 Å². The zero-order valence-electron chi connectivity index (χ0n) is 15.9. The molecule has 0 bridgehead atoms. The second-order valence-corrected chi connectivity index (χ2v) is 8.04. The molecule has 1 amide bonds. The van der Waals surface area contributed by atoms with Crippen molar-refractivity contribution in [3.05, 3.63) is 58.9 Å². The number of fused-ring (bicyclic) bond motifs is 1. The number of hydrogen-bond acceptors (Lipinski definition) is 5. The van der Waals surface area contributed by atoms with E-state index in [4.69, 9.17) is 0 Å². The van der Waals surface area contributed by atoms with Crippen molar-refractivity contribution in [3.63, 3.8) is 0 Å². The summed E-state index contributed by atoms with van der Waals surface area (Å²) in [7, 11) is 3.94. The monoisotopic (exact) mass is 394 g/mol. The molecular formula is C21H22N4O2S. The highest BCUT2D eigenvalue weighted by Crippen LogP contribution is 2.36. The molecule has 7 heteroatoms. The number of hydrogen-bond donors (Lipinski definition) is 1. The van der Waals surface area contributed by atoms with E-state index >= 15 is 0 Å². The molecule has 6 nitrogen and oxygen atoms in total. The maximum absolute atomic E-state index is 12.9. The molecule has 2 aromatic carbocycles. The van der Waals surface area contributed by atoms with Crippen molar-refractivity contribution >= 4 is 39.9 Å². The van der Waals surface area contributed by atoms with E-state index < -0.39 is 0 Å². The minimum absolute atomic E-state index is 0.0183. The van der Waals surface area contributed by atoms with Gasteiger partial charge in [0.15, 0.2) is 5.16 Å². The summed E-state index contributed by atoms with van der Waals surface area (Å²) in [5, 5.41) is 4.14. The maximum Gasteiger partial charge on any atom is 0.262 e. The van der Waals surface area contributed by atoms with Crippen molar-refractivity contribution in [1.29, 1.82) is 0 Å². The maximum atomic E-state index is 12.9. The normalized spacial score (nSPS) is 13.5. The highest BCUT2D eigenvalue weighted by molar-refractivity contribution is 7.99. The van der Waals surface area contributed by atoms with Crippen LogP contribution < -0.4 is 15.8 Å². The summed E-state index contributed by atoms with van der Waals surface area (Å²) in [5.41, 5.74) is 2.48. The predicted octanol–water partition coefficient (Wildman–Crippen LogP) is 3.53. The van der Waals surface area contributed by atoms with Gasteiger partial charge in [0.1, 0.15) is 0 Å². The summed E-state index contributed by atoms with van der Waals surface area (Å²) in [4.78, 5) is 31.9. The van der Waals surface area contributed by atoms with Crippen LogP contribution in [0.3, 0.4) is 0 Å². The first kappa shape index (κ1) is 18.6. The average molecular weight is 395 g/mol. The zero-order valence-corrected chi connectivity index (χ0v) is 16.7. The quantitative estimate of drug-likeness (QED) is 0.512. The Bertz CT molecular complexity index is 1070. The van der Waals surface area contributed by atoms with Gasteiger partial charge in [-0.2, -0.15) is 0 Å². The smallest absolute Gasteiger partial charge is 0.262 e. The number of nitrogens with zero attached hydrogens (tertiary/aromatic N) is 3. The highest BCUT2D eigenvalue weighted by atomic mass is 32.2. The number of benzene rings is 2. The van der Waals surface area contributed by atoms with E-state index in [1.165, 1.54) is 11.8 Å². The van der Waals surface area contributed by atoms with Crippen LogP contribution in [0.4, 0.5) is 11.4 Å². The number of carbonyl (C=O) groups excluding carboxylic acids is 1. The van der Waals surface area contributed by atoms with Crippen molar-refractivity contribution in [2.24, 2.45) is 0 Å². The summed E-state index contributed by atoms with van der Waals surface area (Å²) in [6.45, 7) is 0. The van der Waals surface area contributed by atoms with E-state index in [1.54, 1.807) is 4.57 Å². The highest BCUT2D eigenvalue weighted by Gasteiger charge is 2.28. The van der Waals surface area contributed by atoms with Crippen LogP contribution in [-0.4, -0.2) is 35.3 Å². The minimum atomic E-state index is -0.118. The predicted molar refractivity (Wildman–Crippen MR) is 114 cm³/mol. The molecule has 1 saturated carbocycles. The third-order valence-corrected chi connectivity index (χ3v) is 5.64. The Labute approximate surface area is 167 Å². The molecule has 0 radical (unpaired) electrons. The average Bonchev–Trinajstić information content (AvgIpc) is 3.52. The van der Waals surface area contributed by atoms with Gasteiger partial charge in [0.2, 0.25) is 5.91 Å². The van der Waals surface area contributed by atoms with Crippen LogP contribution in [0, 0.1) is 0 Å². The van der Waals surface area contributed by atoms with Crippen molar-refractivity contribution in [2.75, 3.05) is 30.1 Å². The van der Waals surface area contributed by atoms with Crippen LogP contribution in [-0.2, 0) is 4.79 Å². The van der Waals surface area contributed by atoms with Gasteiger partial charge in [-0.1, -0.05) is 23.9 Å². The summed E-state index contributed by atoms with van der Waals surface area (Å²) in [6, 6.07) is 15.2.